The molecule has 1 aromatic heterocycles. The van der Waals surface area contributed by atoms with Gasteiger partial charge in [0.2, 0.25) is 0 Å². The number of thiazole rings is 1. The number of carbonyl (C=O) groups is 1. The number of para-hydroxylation sites is 1. The summed E-state index contributed by atoms with van der Waals surface area (Å²) in [6, 6.07) is 17.4. The van der Waals surface area contributed by atoms with Crippen LogP contribution < -0.4 is 10.1 Å². The zero-order valence-electron chi connectivity index (χ0n) is 16.0. The van der Waals surface area contributed by atoms with Gasteiger partial charge in [-0.25, -0.2) is 4.98 Å². The van der Waals surface area contributed by atoms with Gasteiger partial charge in [0, 0.05) is 16.6 Å². The SMILES string of the molecule is Cc1csc(C2(NC(=O)c3ccc(COc4ccccc4)cc3)CCCC2)n1. The van der Waals surface area contributed by atoms with E-state index in [2.05, 4.69) is 15.7 Å². The Kier molecular flexibility index (Phi) is 5.44. The van der Waals surface area contributed by atoms with Crippen molar-refractivity contribution in [3.63, 3.8) is 0 Å². The Morgan fingerprint density at radius 1 is 1.11 bits per heavy atom. The molecular weight excluding hydrogens is 368 g/mol. The van der Waals surface area contributed by atoms with Crippen LogP contribution in [-0.2, 0) is 12.1 Å². The first kappa shape index (κ1) is 18.7. The maximum absolute atomic E-state index is 12.9. The van der Waals surface area contributed by atoms with E-state index in [1.807, 2.05) is 61.5 Å². The van der Waals surface area contributed by atoms with Crippen LogP contribution in [0.1, 0.15) is 52.3 Å². The Balaban J connectivity index is 1.43. The summed E-state index contributed by atoms with van der Waals surface area (Å²) in [6.45, 7) is 2.48. The van der Waals surface area contributed by atoms with Crippen molar-refractivity contribution in [3.05, 3.63) is 81.8 Å². The van der Waals surface area contributed by atoms with Crippen molar-refractivity contribution in [2.24, 2.45) is 0 Å². The van der Waals surface area contributed by atoms with Gasteiger partial charge in [-0.3, -0.25) is 4.79 Å². The van der Waals surface area contributed by atoms with Gasteiger partial charge in [0.1, 0.15) is 17.4 Å². The van der Waals surface area contributed by atoms with E-state index in [4.69, 9.17) is 4.74 Å². The van der Waals surface area contributed by atoms with Crippen LogP contribution in [0.4, 0.5) is 0 Å². The fourth-order valence-corrected chi connectivity index (χ4v) is 4.68. The second-order valence-electron chi connectivity index (χ2n) is 7.34. The molecule has 1 N–H and O–H groups in total. The molecule has 4 nitrogen and oxygen atoms in total. The zero-order chi connectivity index (χ0) is 19.4. The largest absolute Gasteiger partial charge is 0.489 e. The number of amides is 1. The number of benzene rings is 2. The minimum Gasteiger partial charge on any atom is -0.489 e. The highest BCUT2D eigenvalue weighted by atomic mass is 32.1. The fourth-order valence-electron chi connectivity index (χ4n) is 3.67. The summed E-state index contributed by atoms with van der Waals surface area (Å²) in [5, 5.41) is 6.38. The van der Waals surface area contributed by atoms with Crippen LogP contribution in [0, 0.1) is 6.92 Å². The number of carbonyl (C=O) groups excluding carboxylic acids is 1. The molecule has 1 aliphatic carbocycles. The van der Waals surface area contributed by atoms with E-state index in [1.54, 1.807) is 11.3 Å². The Morgan fingerprint density at radius 3 is 2.46 bits per heavy atom. The first-order chi connectivity index (χ1) is 13.6. The van der Waals surface area contributed by atoms with E-state index in [0.717, 1.165) is 47.7 Å². The molecule has 3 aromatic rings. The van der Waals surface area contributed by atoms with Crippen LogP contribution in [0.3, 0.4) is 0 Å². The van der Waals surface area contributed by atoms with Crippen molar-refractivity contribution < 1.29 is 9.53 Å². The van der Waals surface area contributed by atoms with Crippen LogP contribution in [0.15, 0.2) is 60.0 Å². The van der Waals surface area contributed by atoms with Crippen LogP contribution >= 0.6 is 11.3 Å². The molecule has 5 heteroatoms. The molecule has 144 valence electrons. The molecule has 0 bridgehead atoms. The second-order valence-corrected chi connectivity index (χ2v) is 8.19. The van der Waals surface area contributed by atoms with E-state index in [0.29, 0.717) is 12.2 Å². The van der Waals surface area contributed by atoms with Crippen molar-refractivity contribution >= 4 is 17.2 Å². The highest BCUT2D eigenvalue weighted by Gasteiger charge is 2.39. The molecule has 1 saturated carbocycles. The molecule has 1 amide bonds. The van der Waals surface area contributed by atoms with E-state index in [-0.39, 0.29) is 11.4 Å². The molecule has 0 atom stereocenters. The third-order valence-corrected chi connectivity index (χ3v) is 6.37. The molecule has 0 saturated heterocycles. The van der Waals surface area contributed by atoms with Crippen LogP contribution in [0.5, 0.6) is 5.75 Å². The summed E-state index contributed by atoms with van der Waals surface area (Å²) in [5.74, 6) is 0.802. The molecule has 0 aliphatic heterocycles. The van der Waals surface area contributed by atoms with E-state index < -0.39 is 0 Å². The number of hydrogen-bond donors (Lipinski definition) is 1. The van der Waals surface area contributed by atoms with Gasteiger partial charge < -0.3 is 10.1 Å². The molecule has 0 unspecified atom stereocenters. The average molecular weight is 393 g/mol. The summed E-state index contributed by atoms with van der Waals surface area (Å²) in [6.07, 6.45) is 4.15. The number of aromatic nitrogens is 1. The predicted molar refractivity (Wildman–Crippen MR) is 112 cm³/mol. The van der Waals surface area contributed by atoms with Gasteiger partial charge in [0.25, 0.3) is 5.91 Å². The number of aryl methyl sites for hydroxylation is 1. The van der Waals surface area contributed by atoms with Crippen LogP contribution in [-0.4, -0.2) is 10.9 Å². The first-order valence-electron chi connectivity index (χ1n) is 9.67. The highest BCUT2D eigenvalue weighted by molar-refractivity contribution is 7.09. The van der Waals surface area contributed by atoms with E-state index in [9.17, 15) is 4.79 Å². The Bertz CT molecular complexity index is 929. The molecule has 28 heavy (non-hydrogen) atoms. The van der Waals surface area contributed by atoms with Crippen molar-refractivity contribution in [3.8, 4) is 5.75 Å². The van der Waals surface area contributed by atoms with E-state index >= 15 is 0 Å². The Hall–Kier alpha value is -2.66. The van der Waals surface area contributed by atoms with Crippen molar-refractivity contribution in [1.29, 1.82) is 0 Å². The van der Waals surface area contributed by atoms with Gasteiger partial charge in [0.05, 0.1) is 5.54 Å². The molecule has 1 fully saturated rings. The standard InChI is InChI=1S/C23H24N2O2S/c1-17-16-28-22(24-17)23(13-5-6-14-23)25-21(26)19-11-9-18(10-12-19)15-27-20-7-3-2-4-8-20/h2-4,7-12,16H,5-6,13-15H2,1H3,(H,25,26). The van der Waals surface area contributed by atoms with Crippen molar-refractivity contribution in [2.75, 3.05) is 0 Å². The van der Waals surface area contributed by atoms with Crippen LogP contribution in [0.25, 0.3) is 0 Å². The van der Waals surface area contributed by atoms with Gasteiger partial charge in [-0.05, 0) is 49.6 Å². The Morgan fingerprint density at radius 2 is 1.82 bits per heavy atom. The molecule has 0 spiro atoms. The number of nitrogens with zero attached hydrogens (tertiary/aromatic N) is 1. The zero-order valence-corrected chi connectivity index (χ0v) is 16.8. The smallest absolute Gasteiger partial charge is 0.252 e. The summed E-state index contributed by atoms with van der Waals surface area (Å²) in [7, 11) is 0. The van der Waals surface area contributed by atoms with Gasteiger partial charge >= 0.3 is 0 Å². The van der Waals surface area contributed by atoms with Crippen molar-refractivity contribution in [2.45, 2.75) is 44.8 Å². The van der Waals surface area contributed by atoms with E-state index in [1.165, 1.54) is 0 Å². The summed E-state index contributed by atoms with van der Waals surface area (Å²) in [5.41, 5.74) is 2.41. The number of nitrogens with one attached hydrogen (secondary N) is 1. The number of rotatable bonds is 6. The number of ether oxygens (including phenoxy) is 1. The minimum atomic E-state index is -0.314. The third kappa shape index (κ3) is 4.09. The molecule has 1 aliphatic rings. The van der Waals surface area contributed by atoms with Crippen molar-refractivity contribution in [1.82, 2.24) is 10.3 Å². The van der Waals surface area contributed by atoms with Gasteiger partial charge in [-0.2, -0.15) is 0 Å². The molecule has 0 radical (unpaired) electrons. The topological polar surface area (TPSA) is 51.2 Å². The van der Waals surface area contributed by atoms with Gasteiger partial charge in [0.15, 0.2) is 0 Å². The number of hydrogen-bond acceptors (Lipinski definition) is 4. The summed E-state index contributed by atoms with van der Waals surface area (Å²) >= 11 is 1.65. The molecule has 4 rings (SSSR count). The van der Waals surface area contributed by atoms with Gasteiger partial charge in [-0.1, -0.05) is 43.2 Å². The molecule has 2 aromatic carbocycles. The second kappa shape index (κ2) is 8.15. The lowest BCUT2D eigenvalue weighted by atomic mass is 9.97. The lowest BCUT2D eigenvalue weighted by molar-refractivity contribution is 0.0898. The average Bonchev–Trinajstić information content (AvgIpc) is 3.37. The highest BCUT2D eigenvalue weighted by Crippen LogP contribution is 2.40. The fraction of sp³-hybridized carbons (Fsp3) is 0.304. The maximum Gasteiger partial charge on any atom is 0.252 e. The minimum absolute atomic E-state index is 0.0368. The van der Waals surface area contributed by atoms with Gasteiger partial charge in [-0.15, -0.1) is 11.3 Å². The van der Waals surface area contributed by atoms with Crippen LogP contribution in [0.2, 0.25) is 0 Å². The lowest BCUT2D eigenvalue weighted by Gasteiger charge is -2.28. The summed E-state index contributed by atoms with van der Waals surface area (Å²) in [4.78, 5) is 17.6. The monoisotopic (exact) mass is 392 g/mol. The lowest BCUT2D eigenvalue weighted by Crippen LogP contribution is -2.43. The predicted octanol–water partition coefficient (Wildman–Crippen LogP) is 5.23. The first-order valence-corrected chi connectivity index (χ1v) is 10.5. The molecule has 1 heterocycles. The summed E-state index contributed by atoms with van der Waals surface area (Å²) < 4.78 is 5.77. The normalized spacial score (nSPS) is 15.3. The maximum atomic E-state index is 12.9. The molecular formula is C23H24N2O2S. The quantitative estimate of drug-likeness (QED) is 0.625. The third-order valence-electron chi connectivity index (χ3n) is 5.20. The Labute approximate surface area is 169 Å².